The van der Waals surface area contributed by atoms with Gasteiger partial charge in [0.15, 0.2) is 0 Å². The van der Waals surface area contributed by atoms with E-state index in [2.05, 4.69) is 10.1 Å². The Labute approximate surface area is 105 Å². The highest BCUT2D eigenvalue weighted by molar-refractivity contribution is 5.95. The zero-order valence-electron chi connectivity index (χ0n) is 10.6. The third-order valence-electron chi connectivity index (χ3n) is 2.71. The van der Waals surface area contributed by atoms with E-state index in [-0.39, 0.29) is 11.6 Å². The van der Waals surface area contributed by atoms with Crippen LogP contribution in [0.25, 0.3) is 11.1 Å². The van der Waals surface area contributed by atoms with E-state index in [4.69, 9.17) is 5.11 Å². The van der Waals surface area contributed by atoms with Crippen LogP contribution in [0.2, 0.25) is 0 Å². The summed E-state index contributed by atoms with van der Waals surface area (Å²) in [6.07, 6.45) is 4.92. The predicted octanol–water partition coefficient (Wildman–Crippen LogP) is 2.53. The monoisotopic (exact) mass is 245 g/mol. The number of carboxylic acid groups (broad SMARTS) is 1. The van der Waals surface area contributed by atoms with E-state index in [1.54, 1.807) is 16.9 Å². The molecule has 0 unspecified atom stereocenters. The molecule has 18 heavy (non-hydrogen) atoms. The van der Waals surface area contributed by atoms with Gasteiger partial charge < -0.3 is 5.11 Å². The second-order valence-electron chi connectivity index (χ2n) is 4.48. The number of carboxylic acids is 1. The molecular weight excluding hydrogens is 230 g/mol. The maximum atomic E-state index is 11.2. The number of aromatic carboxylic acids is 1. The van der Waals surface area contributed by atoms with Gasteiger partial charge in [-0.05, 0) is 26.8 Å². The zero-order valence-corrected chi connectivity index (χ0v) is 10.6. The molecule has 0 bridgehead atoms. The van der Waals surface area contributed by atoms with Crippen molar-refractivity contribution in [3.8, 4) is 11.1 Å². The molecule has 94 valence electrons. The number of pyridine rings is 1. The molecule has 2 aromatic rings. The van der Waals surface area contributed by atoms with Crippen LogP contribution >= 0.6 is 0 Å². The molecule has 2 heterocycles. The third-order valence-corrected chi connectivity index (χ3v) is 2.71. The van der Waals surface area contributed by atoms with Crippen molar-refractivity contribution in [3.05, 3.63) is 35.9 Å². The molecule has 1 N–H and O–H groups in total. The van der Waals surface area contributed by atoms with Crippen molar-refractivity contribution in [2.45, 2.75) is 26.8 Å². The van der Waals surface area contributed by atoms with Gasteiger partial charge in [0.05, 0.1) is 11.8 Å². The van der Waals surface area contributed by atoms with Gasteiger partial charge in [0.2, 0.25) is 0 Å². The molecule has 5 heteroatoms. The maximum absolute atomic E-state index is 11.2. The van der Waals surface area contributed by atoms with Crippen molar-refractivity contribution < 1.29 is 9.90 Å². The summed E-state index contributed by atoms with van der Waals surface area (Å²) in [5, 5.41) is 13.4. The number of hydrogen-bond acceptors (Lipinski definition) is 3. The van der Waals surface area contributed by atoms with E-state index in [1.165, 1.54) is 6.20 Å². The highest BCUT2D eigenvalue weighted by Crippen LogP contribution is 2.24. The summed E-state index contributed by atoms with van der Waals surface area (Å²) in [6, 6.07) is 2.01. The minimum Gasteiger partial charge on any atom is -0.478 e. The number of nitrogens with zero attached hydrogens (tertiary/aromatic N) is 3. The number of rotatable bonds is 3. The summed E-state index contributed by atoms with van der Waals surface area (Å²) in [5.74, 6) is -0.977. The standard InChI is InChI=1S/C13H15N3O2/c1-8(2)16-7-10(5-15-16)11-4-9(3)14-6-12(11)13(17)18/h4-8H,1-3H3,(H,17,18). The Morgan fingerprint density at radius 1 is 1.39 bits per heavy atom. The molecule has 2 rings (SSSR count). The first-order valence-corrected chi connectivity index (χ1v) is 5.73. The minimum atomic E-state index is -0.977. The predicted molar refractivity (Wildman–Crippen MR) is 67.5 cm³/mol. The molecule has 0 atom stereocenters. The Morgan fingerprint density at radius 3 is 2.67 bits per heavy atom. The van der Waals surface area contributed by atoms with Crippen molar-refractivity contribution >= 4 is 5.97 Å². The molecule has 0 saturated carbocycles. The molecule has 0 aliphatic heterocycles. The smallest absolute Gasteiger partial charge is 0.337 e. The number of aromatic nitrogens is 3. The highest BCUT2D eigenvalue weighted by Gasteiger charge is 2.14. The van der Waals surface area contributed by atoms with E-state index in [1.807, 2.05) is 27.0 Å². The van der Waals surface area contributed by atoms with Crippen LogP contribution in [-0.4, -0.2) is 25.8 Å². The molecule has 0 aromatic carbocycles. The van der Waals surface area contributed by atoms with Crippen LogP contribution in [0.15, 0.2) is 24.7 Å². The molecule has 5 nitrogen and oxygen atoms in total. The van der Waals surface area contributed by atoms with E-state index < -0.39 is 5.97 Å². The van der Waals surface area contributed by atoms with Crippen molar-refractivity contribution in [2.24, 2.45) is 0 Å². The van der Waals surface area contributed by atoms with Crippen LogP contribution in [0.5, 0.6) is 0 Å². The molecule has 0 fully saturated rings. The fraction of sp³-hybridized carbons (Fsp3) is 0.308. The Bertz CT molecular complexity index is 588. The van der Waals surface area contributed by atoms with Crippen LogP contribution in [0.3, 0.4) is 0 Å². The van der Waals surface area contributed by atoms with Gasteiger partial charge in [0.1, 0.15) is 0 Å². The largest absolute Gasteiger partial charge is 0.478 e. The van der Waals surface area contributed by atoms with Crippen molar-refractivity contribution in [1.82, 2.24) is 14.8 Å². The van der Waals surface area contributed by atoms with Crippen LogP contribution in [0.1, 0.15) is 35.9 Å². The molecular formula is C13H15N3O2. The number of hydrogen-bond donors (Lipinski definition) is 1. The van der Waals surface area contributed by atoms with Gasteiger partial charge >= 0.3 is 5.97 Å². The van der Waals surface area contributed by atoms with E-state index in [9.17, 15) is 4.79 Å². The lowest BCUT2D eigenvalue weighted by Crippen LogP contribution is -2.02. The summed E-state index contributed by atoms with van der Waals surface area (Å²) in [5.41, 5.74) is 2.43. The number of aryl methyl sites for hydroxylation is 1. The average molecular weight is 245 g/mol. The van der Waals surface area contributed by atoms with E-state index >= 15 is 0 Å². The first-order valence-electron chi connectivity index (χ1n) is 5.73. The maximum Gasteiger partial charge on any atom is 0.337 e. The summed E-state index contributed by atoms with van der Waals surface area (Å²) in [4.78, 5) is 15.2. The van der Waals surface area contributed by atoms with Gasteiger partial charge in [-0.3, -0.25) is 9.67 Å². The topological polar surface area (TPSA) is 68.0 Å². The van der Waals surface area contributed by atoms with Crippen LogP contribution in [0, 0.1) is 6.92 Å². The van der Waals surface area contributed by atoms with Gasteiger partial charge in [-0.15, -0.1) is 0 Å². The quantitative estimate of drug-likeness (QED) is 0.902. The fourth-order valence-corrected chi connectivity index (χ4v) is 1.73. The lowest BCUT2D eigenvalue weighted by molar-refractivity contribution is 0.0697. The molecule has 2 aromatic heterocycles. The Kier molecular flexibility index (Phi) is 3.14. The zero-order chi connectivity index (χ0) is 13.3. The molecule has 0 aliphatic rings. The molecule has 0 saturated heterocycles. The van der Waals surface area contributed by atoms with Gasteiger partial charge in [0.25, 0.3) is 0 Å². The Balaban J connectivity index is 2.54. The van der Waals surface area contributed by atoms with Crippen LogP contribution < -0.4 is 0 Å². The third kappa shape index (κ3) is 2.25. The SMILES string of the molecule is Cc1cc(-c2cnn(C(C)C)c2)c(C(=O)O)cn1. The minimum absolute atomic E-state index is 0.198. The van der Waals surface area contributed by atoms with Crippen LogP contribution in [0.4, 0.5) is 0 Å². The summed E-state index contributed by atoms with van der Waals surface area (Å²) in [7, 11) is 0. The lowest BCUT2D eigenvalue weighted by Gasteiger charge is -2.05. The van der Waals surface area contributed by atoms with Crippen molar-refractivity contribution in [2.75, 3.05) is 0 Å². The highest BCUT2D eigenvalue weighted by atomic mass is 16.4. The van der Waals surface area contributed by atoms with E-state index in [0.717, 1.165) is 11.3 Å². The van der Waals surface area contributed by atoms with Crippen molar-refractivity contribution in [1.29, 1.82) is 0 Å². The van der Waals surface area contributed by atoms with Gasteiger partial charge in [-0.25, -0.2) is 4.79 Å². The van der Waals surface area contributed by atoms with Gasteiger partial charge in [-0.1, -0.05) is 0 Å². The second kappa shape index (κ2) is 4.60. The van der Waals surface area contributed by atoms with Crippen LogP contribution in [-0.2, 0) is 0 Å². The van der Waals surface area contributed by atoms with Gasteiger partial charge in [-0.2, -0.15) is 5.10 Å². The normalized spacial score (nSPS) is 10.9. The lowest BCUT2D eigenvalue weighted by atomic mass is 10.0. The van der Waals surface area contributed by atoms with E-state index in [0.29, 0.717) is 5.56 Å². The summed E-state index contributed by atoms with van der Waals surface area (Å²) in [6.45, 7) is 5.88. The molecule has 0 spiro atoms. The first kappa shape index (κ1) is 12.3. The molecule has 0 amide bonds. The van der Waals surface area contributed by atoms with Gasteiger partial charge in [0, 0.05) is 35.3 Å². The fourth-order valence-electron chi connectivity index (χ4n) is 1.73. The number of carbonyl (C=O) groups is 1. The Morgan fingerprint density at radius 2 is 2.11 bits per heavy atom. The first-order chi connectivity index (χ1) is 8.49. The Hall–Kier alpha value is -2.17. The second-order valence-corrected chi connectivity index (χ2v) is 4.48. The van der Waals surface area contributed by atoms with Crippen molar-refractivity contribution in [3.63, 3.8) is 0 Å². The molecule has 0 radical (unpaired) electrons. The summed E-state index contributed by atoms with van der Waals surface area (Å²) >= 11 is 0. The summed E-state index contributed by atoms with van der Waals surface area (Å²) < 4.78 is 1.80. The average Bonchev–Trinajstić information content (AvgIpc) is 2.77. The molecule has 0 aliphatic carbocycles.